The molecule has 0 bridgehead atoms. The summed E-state index contributed by atoms with van der Waals surface area (Å²) in [5.74, 6) is 1.48. The van der Waals surface area contributed by atoms with E-state index in [0.29, 0.717) is 30.7 Å². The third kappa shape index (κ3) is 3.48. The number of para-hydroxylation sites is 2. The number of pyridine rings is 1. The van der Waals surface area contributed by atoms with Gasteiger partial charge in [-0.1, -0.05) is 18.2 Å². The minimum Gasteiger partial charge on any atom is -0.495 e. The zero-order valence-electron chi connectivity index (χ0n) is 12.9. The van der Waals surface area contributed by atoms with Crippen molar-refractivity contribution in [2.75, 3.05) is 12.4 Å². The van der Waals surface area contributed by atoms with Gasteiger partial charge in [0.15, 0.2) is 5.65 Å². The molecule has 3 aromatic rings. The number of carbonyl (C=O) groups excluding carboxylic acids is 1. The number of nitrogens with zero attached hydrogens (tertiary/aromatic N) is 3. The van der Waals surface area contributed by atoms with E-state index >= 15 is 0 Å². The van der Waals surface area contributed by atoms with Gasteiger partial charge in [0.1, 0.15) is 11.6 Å². The van der Waals surface area contributed by atoms with E-state index in [4.69, 9.17) is 4.74 Å². The fourth-order valence-electron chi connectivity index (χ4n) is 2.43. The van der Waals surface area contributed by atoms with Crippen molar-refractivity contribution in [1.82, 2.24) is 14.6 Å². The molecule has 1 N–H and O–H groups in total. The predicted octanol–water partition coefficient (Wildman–Crippen LogP) is 2.70. The van der Waals surface area contributed by atoms with Crippen LogP contribution in [0.25, 0.3) is 5.65 Å². The average Bonchev–Trinajstić information content (AvgIpc) is 2.99. The number of hydrogen-bond donors (Lipinski definition) is 1. The molecule has 6 heteroatoms. The molecule has 118 valence electrons. The molecule has 0 saturated heterocycles. The molecule has 0 radical (unpaired) electrons. The fraction of sp³-hybridized carbons (Fsp3) is 0.235. The Bertz CT molecular complexity index is 813. The van der Waals surface area contributed by atoms with Crippen LogP contribution in [0.1, 0.15) is 18.7 Å². The number of aryl methyl sites for hydroxylation is 1. The summed E-state index contributed by atoms with van der Waals surface area (Å²) in [6, 6.07) is 13.1. The monoisotopic (exact) mass is 310 g/mol. The van der Waals surface area contributed by atoms with Gasteiger partial charge in [-0.25, -0.2) is 0 Å². The number of ether oxygens (including phenoxy) is 1. The number of rotatable bonds is 6. The summed E-state index contributed by atoms with van der Waals surface area (Å²) in [5, 5.41) is 11.1. The first kappa shape index (κ1) is 15.0. The Morgan fingerprint density at radius 3 is 2.87 bits per heavy atom. The summed E-state index contributed by atoms with van der Waals surface area (Å²) in [5.41, 5.74) is 1.51. The van der Waals surface area contributed by atoms with Crippen molar-refractivity contribution in [3.63, 3.8) is 0 Å². The standard InChI is InChI=1S/C17H18N4O2/c1-23-14-8-3-2-7-13(14)18-17(22)11-6-10-16-20-19-15-9-4-5-12-21(15)16/h2-5,7-9,12H,6,10-11H2,1H3,(H,18,22). The molecule has 0 fully saturated rings. The largest absolute Gasteiger partial charge is 0.495 e. The second-order valence-electron chi connectivity index (χ2n) is 5.15. The highest BCUT2D eigenvalue weighted by Crippen LogP contribution is 2.23. The number of methoxy groups -OCH3 is 1. The summed E-state index contributed by atoms with van der Waals surface area (Å²) in [6.07, 6.45) is 3.75. The number of hydrogen-bond acceptors (Lipinski definition) is 4. The predicted molar refractivity (Wildman–Crippen MR) is 87.5 cm³/mol. The molecule has 0 aliphatic carbocycles. The molecule has 1 aromatic carbocycles. The second kappa shape index (κ2) is 6.91. The topological polar surface area (TPSA) is 68.5 Å². The van der Waals surface area contributed by atoms with Gasteiger partial charge in [0, 0.05) is 19.0 Å². The summed E-state index contributed by atoms with van der Waals surface area (Å²) >= 11 is 0. The van der Waals surface area contributed by atoms with Crippen LogP contribution in [0.15, 0.2) is 48.7 Å². The normalized spacial score (nSPS) is 10.7. The molecule has 3 rings (SSSR count). The lowest BCUT2D eigenvalue weighted by molar-refractivity contribution is -0.116. The van der Waals surface area contributed by atoms with Crippen LogP contribution in [0.5, 0.6) is 5.75 Å². The Labute approximate surface area is 134 Å². The minimum absolute atomic E-state index is 0.0386. The first-order valence-electron chi connectivity index (χ1n) is 7.49. The number of fused-ring (bicyclic) bond motifs is 1. The van der Waals surface area contributed by atoms with Crippen LogP contribution in [-0.2, 0) is 11.2 Å². The van der Waals surface area contributed by atoms with Gasteiger partial charge < -0.3 is 10.1 Å². The molecule has 23 heavy (non-hydrogen) atoms. The van der Waals surface area contributed by atoms with E-state index in [-0.39, 0.29) is 5.91 Å². The maximum absolute atomic E-state index is 12.1. The van der Waals surface area contributed by atoms with Crippen molar-refractivity contribution in [1.29, 1.82) is 0 Å². The van der Waals surface area contributed by atoms with Crippen LogP contribution in [0, 0.1) is 0 Å². The van der Waals surface area contributed by atoms with Gasteiger partial charge in [-0.05, 0) is 30.7 Å². The van der Waals surface area contributed by atoms with Crippen molar-refractivity contribution < 1.29 is 9.53 Å². The van der Waals surface area contributed by atoms with E-state index in [1.165, 1.54) is 0 Å². The van der Waals surface area contributed by atoms with Gasteiger partial charge in [-0.15, -0.1) is 10.2 Å². The van der Waals surface area contributed by atoms with E-state index in [0.717, 1.165) is 11.5 Å². The number of nitrogens with one attached hydrogen (secondary N) is 1. The van der Waals surface area contributed by atoms with Gasteiger partial charge in [0.25, 0.3) is 0 Å². The minimum atomic E-state index is -0.0386. The SMILES string of the molecule is COc1ccccc1NC(=O)CCCc1nnc2ccccn12. The fourth-order valence-corrected chi connectivity index (χ4v) is 2.43. The van der Waals surface area contributed by atoms with Crippen LogP contribution in [0.2, 0.25) is 0 Å². The molecule has 0 atom stereocenters. The molecule has 0 spiro atoms. The Morgan fingerprint density at radius 1 is 1.17 bits per heavy atom. The van der Waals surface area contributed by atoms with Crippen LogP contribution in [0.4, 0.5) is 5.69 Å². The molecule has 0 unspecified atom stereocenters. The van der Waals surface area contributed by atoms with Gasteiger partial charge in [-0.3, -0.25) is 9.20 Å². The molecule has 6 nitrogen and oxygen atoms in total. The molecule has 0 aliphatic heterocycles. The number of benzene rings is 1. The third-order valence-corrected chi connectivity index (χ3v) is 3.57. The van der Waals surface area contributed by atoms with E-state index in [1.807, 2.05) is 53.1 Å². The number of anilines is 1. The van der Waals surface area contributed by atoms with E-state index in [1.54, 1.807) is 7.11 Å². The van der Waals surface area contributed by atoms with Crippen molar-refractivity contribution in [2.45, 2.75) is 19.3 Å². The highest BCUT2D eigenvalue weighted by molar-refractivity contribution is 5.92. The summed E-state index contributed by atoms with van der Waals surface area (Å²) in [4.78, 5) is 12.1. The van der Waals surface area contributed by atoms with Crippen LogP contribution in [-0.4, -0.2) is 27.6 Å². The third-order valence-electron chi connectivity index (χ3n) is 3.57. The number of aromatic nitrogens is 3. The molecular formula is C17H18N4O2. The van der Waals surface area contributed by atoms with E-state index < -0.39 is 0 Å². The van der Waals surface area contributed by atoms with Crippen LogP contribution >= 0.6 is 0 Å². The molecule has 2 aromatic heterocycles. The van der Waals surface area contributed by atoms with Crippen molar-refractivity contribution in [2.24, 2.45) is 0 Å². The first-order valence-corrected chi connectivity index (χ1v) is 7.49. The zero-order chi connectivity index (χ0) is 16.1. The maximum atomic E-state index is 12.1. The average molecular weight is 310 g/mol. The smallest absolute Gasteiger partial charge is 0.224 e. The Balaban J connectivity index is 1.55. The maximum Gasteiger partial charge on any atom is 0.224 e. The Kier molecular flexibility index (Phi) is 4.52. The lowest BCUT2D eigenvalue weighted by Gasteiger charge is -2.09. The second-order valence-corrected chi connectivity index (χ2v) is 5.15. The van der Waals surface area contributed by atoms with Crippen molar-refractivity contribution in [3.8, 4) is 5.75 Å². The van der Waals surface area contributed by atoms with Gasteiger partial charge >= 0.3 is 0 Å². The highest BCUT2D eigenvalue weighted by Gasteiger charge is 2.09. The van der Waals surface area contributed by atoms with Crippen molar-refractivity contribution >= 4 is 17.2 Å². The van der Waals surface area contributed by atoms with Crippen LogP contribution < -0.4 is 10.1 Å². The quantitative estimate of drug-likeness (QED) is 0.760. The lowest BCUT2D eigenvalue weighted by Crippen LogP contribution is -2.12. The van der Waals surface area contributed by atoms with Gasteiger partial charge in [-0.2, -0.15) is 0 Å². The first-order chi connectivity index (χ1) is 11.3. The molecule has 2 heterocycles. The lowest BCUT2D eigenvalue weighted by atomic mass is 10.2. The molecule has 0 aliphatic rings. The summed E-state index contributed by atoms with van der Waals surface area (Å²) in [7, 11) is 1.58. The van der Waals surface area contributed by atoms with Crippen molar-refractivity contribution in [3.05, 3.63) is 54.5 Å². The van der Waals surface area contributed by atoms with Gasteiger partial charge in [0.2, 0.25) is 5.91 Å². The molecule has 0 saturated carbocycles. The van der Waals surface area contributed by atoms with E-state index in [2.05, 4.69) is 15.5 Å². The van der Waals surface area contributed by atoms with E-state index in [9.17, 15) is 4.79 Å². The Hall–Kier alpha value is -2.89. The zero-order valence-corrected chi connectivity index (χ0v) is 12.9. The highest BCUT2D eigenvalue weighted by atomic mass is 16.5. The van der Waals surface area contributed by atoms with Crippen LogP contribution in [0.3, 0.4) is 0 Å². The molecule has 1 amide bonds. The number of amides is 1. The summed E-state index contributed by atoms with van der Waals surface area (Å²) in [6.45, 7) is 0. The Morgan fingerprint density at radius 2 is 2.00 bits per heavy atom. The van der Waals surface area contributed by atoms with Gasteiger partial charge in [0.05, 0.1) is 12.8 Å². The molecular weight excluding hydrogens is 292 g/mol. The summed E-state index contributed by atoms with van der Waals surface area (Å²) < 4.78 is 7.16. The number of carbonyl (C=O) groups is 1.